The number of nitrogens with zero attached hydrogens (tertiary/aromatic N) is 1. The Hall–Kier alpha value is -3.16. The van der Waals surface area contributed by atoms with Gasteiger partial charge in [0.15, 0.2) is 6.61 Å². The fourth-order valence-corrected chi connectivity index (χ4v) is 5.04. The van der Waals surface area contributed by atoms with E-state index in [0.29, 0.717) is 24.3 Å². The van der Waals surface area contributed by atoms with Crippen LogP contribution in [0.3, 0.4) is 0 Å². The van der Waals surface area contributed by atoms with E-state index in [9.17, 15) is 13.6 Å². The first-order valence-corrected chi connectivity index (χ1v) is 11.5. The average molecular weight is 451 g/mol. The molecule has 3 aromatic rings. The molecule has 0 amide bonds. The Kier molecular flexibility index (Phi) is 6.58. The molecule has 3 aromatic carbocycles. The number of carboxylic acid groups (broad SMARTS) is 1. The summed E-state index contributed by atoms with van der Waals surface area (Å²) >= 11 is -2.50. The summed E-state index contributed by atoms with van der Waals surface area (Å²) in [6.45, 7) is 1.59. The van der Waals surface area contributed by atoms with Crippen molar-refractivity contribution in [2.24, 2.45) is 0 Å². The number of anilines is 1. The van der Waals surface area contributed by atoms with Crippen molar-refractivity contribution in [3.63, 3.8) is 0 Å². The third kappa shape index (κ3) is 4.69. The number of fused-ring (bicyclic) bond motifs is 1. The zero-order valence-corrected chi connectivity index (χ0v) is 18.5. The molecule has 0 fully saturated rings. The van der Waals surface area contributed by atoms with Gasteiger partial charge in [-0.1, -0.05) is 54.1 Å². The smallest absolute Gasteiger partial charge is 0.341 e. The molecular weight excluding hydrogens is 426 g/mol. The molecule has 7 heteroatoms. The van der Waals surface area contributed by atoms with Gasteiger partial charge >= 0.3 is 5.97 Å². The number of hydrogen-bond acceptors (Lipinski definition) is 4. The van der Waals surface area contributed by atoms with Crippen LogP contribution in [0.15, 0.2) is 66.7 Å². The lowest BCUT2D eigenvalue weighted by molar-refractivity contribution is -0.139. The fraction of sp³-hybridized carbons (Fsp3) is 0.240. The summed E-state index contributed by atoms with van der Waals surface area (Å²) in [6, 6.07) is 20.6. The molecule has 2 atom stereocenters. The molecule has 1 aliphatic carbocycles. The van der Waals surface area contributed by atoms with Crippen LogP contribution in [0.5, 0.6) is 5.75 Å². The third-order valence-corrected chi connectivity index (χ3v) is 6.47. The lowest BCUT2D eigenvalue weighted by Gasteiger charge is -2.38. The highest BCUT2D eigenvalue weighted by Gasteiger charge is 2.29. The molecule has 0 spiro atoms. The van der Waals surface area contributed by atoms with Gasteiger partial charge in [0.25, 0.3) is 0 Å². The Balaban J connectivity index is 1.73. The monoisotopic (exact) mass is 450 g/mol. The van der Waals surface area contributed by atoms with Crippen LogP contribution in [-0.4, -0.2) is 26.4 Å². The highest BCUT2D eigenvalue weighted by atomic mass is 32.2. The SMILES string of the molecule is Cc1cccc(-c2cccc(N(C3CCCc4c(OCC(=O)O)cccc43)S(=O)[O-])c2)c1. The Labute approximate surface area is 189 Å². The van der Waals surface area contributed by atoms with Gasteiger partial charge in [-0.05, 0) is 66.6 Å². The Morgan fingerprint density at radius 2 is 1.84 bits per heavy atom. The Morgan fingerprint density at radius 1 is 1.12 bits per heavy atom. The van der Waals surface area contributed by atoms with Crippen molar-refractivity contribution >= 4 is 22.9 Å². The minimum Gasteiger partial charge on any atom is -0.755 e. The lowest BCUT2D eigenvalue weighted by atomic mass is 9.86. The summed E-state index contributed by atoms with van der Waals surface area (Å²) in [5.74, 6) is -0.551. The maximum Gasteiger partial charge on any atom is 0.341 e. The second kappa shape index (κ2) is 9.54. The molecule has 0 bridgehead atoms. The maximum atomic E-state index is 12.4. The zero-order chi connectivity index (χ0) is 22.7. The van der Waals surface area contributed by atoms with Crippen molar-refractivity contribution in [3.8, 4) is 16.9 Å². The molecule has 1 N–H and O–H groups in total. The number of carboxylic acids is 1. The van der Waals surface area contributed by atoms with Crippen molar-refractivity contribution in [2.75, 3.05) is 10.9 Å². The Bertz CT molecular complexity index is 1160. The van der Waals surface area contributed by atoms with E-state index in [2.05, 4.69) is 6.07 Å². The number of carbonyl (C=O) groups is 1. The van der Waals surface area contributed by atoms with Crippen LogP contribution in [0.1, 0.15) is 35.6 Å². The van der Waals surface area contributed by atoms with E-state index in [0.717, 1.165) is 34.2 Å². The van der Waals surface area contributed by atoms with Crippen molar-refractivity contribution in [1.82, 2.24) is 0 Å². The molecule has 6 nitrogen and oxygen atoms in total. The highest BCUT2D eigenvalue weighted by molar-refractivity contribution is 7.80. The van der Waals surface area contributed by atoms with Gasteiger partial charge in [0.05, 0.1) is 6.04 Å². The number of aliphatic carboxylic acids is 1. The fourth-order valence-electron chi connectivity index (χ4n) is 4.33. The third-order valence-electron chi connectivity index (χ3n) is 5.68. The summed E-state index contributed by atoms with van der Waals surface area (Å²) in [5.41, 5.74) is 5.41. The van der Waals surface area contributed by atoms with Gasteiger partial charge in [-0.15, -0.1) is 0 Å². The van der Waals surface area contributed by atoms with Crippen molar-refractivity contribution < 1.29 is 23.4 Å². The minimum absolute atomic E-state index is 0.391. The van der Waals surface area contributed by atoms with Gasteiger partial charge in [0.1, 0.15) is 5.75 Å². The van der Waals surface area contributed by atoms with Crippen molar-refractivity contribution in [2.45, 2.75) is 32.2 Å². The standard InChI is InChI=1S/C25H25NO5S/c1-17-6-2-7-18(14-17)19-8-3-9-20(15-19)26(32(29)30)23-12-4-11-22-21(23)10-5-13-24(22)31-16-25(27)28/h2-3,5-10,13-15,23H,4,11-12,16H2,1H3,(H,27,28)(H,29,30)/p-1. The number of rotatable bonds is 7. The zero-order valence-electron chi connectivity index (χ0n) is 17.7. The van der Waals surface area contributed by atoms with Crippen molar-refractivity contribution in [1.29, 1.82) is 0 Å². The first kappa shape index (κ1) is 22.0. The summed E-state index contributed by atoms with van der Waals surface area (Å²) in [4.78, 5) is 10.9. The summed E-state index contributed by atoms with van der Waals surface area (Å²) in [5, 5.41) is 8.96. The van der Waals surface area contributed by atoms with E-state index in [1.165, 1.54) is 4.31 Å². The van der Waals surface area contributed by atoms with E-state index in [4.69, 9.17) is 9.84 Å². The van der Waals surface area contributed by atoms with E-state index in [-0.39, 0.29) is 0 Å². The predicted octanol–water partition coefficient (Wildman–Crippen LogP) is 4.80. The van der Waals surface area contributed by atoms with Gasteiger partial charge in [-0.2, -0.15) is 0 Å². The molecule has 1 aliphatic rings. The normalized spacial score (nSPS) is 16.1. The highest BCUT2D eigenvalue weighted by Crippen LogP contribution is 2.41. The largest absolute Gasteiger partial charge is 0.755 e. The molecule has 2 unspecified atom stereocenters. The summed E-state index contributed by atoms with van der Waals surface area (Å²) in [6.07, 6.45) is 2.15. The predicted molar refractivity (Wildman–Crippen MR) is 123 cm³/mol. The van der Waals surface area contributed by atoms with Crippen LogP contribution in [0.4, 0.5) is 5.69 Å². The van der Waals surface area contributed by atoms with E-state index in [1.807, 2.05) is 49.4 Å². The first-order chi connectivity index (χ1) is 15.4. The molecule has 166 valence electrons. The van der Waals surface area contributed by atoms with Gasteiger partial charge in [-0.25, -0.2) is 4.79 Å². The quantitative estimate of drug-likeness (QED) is 0.522. The second-order valence-electron chi connectivity index (χ2n) is 7.88. The maximum absolute atomic E-state index is 12.4. The van der Waals surface area contributed by atoms with Crippen LogP contribution >= 0.6 is 0 Å². The van der Waals surface area contributed by atoms with E-state index >= 15 is 0 Å². The van der Waals surface area contributed by atoms with Crippen LogP contribution in [0, 0.1) is 6.92 Å². The van der Waals surface area contributed by atoms with Gasteiger partial charge in [0.2, 0.25) is 0 Å². The molecule has 0 radical (unpaired) electrons. The van der Waals surface area contributed by atoms with Gasteiger partial charge in [-0.3, -0.25) is 8.51 Å². The van der Waals surface area contributed by atoms with Gasteiger partial charge in [0, 0.05) is 17.0 Å². The number of aryl methyl sites for hydroxylation is 1. The summed E-state index contributed by atoms with van der Waals surface area (Å²) < 4.78 is 31.7. The number of ether oxygens (including phenoxy) is 1. The molecule has 0 saturated carbocycles. The van der Waals surface area contributed by atoms with Crippen LogP contribution in [-0.2, 0) is 22.5 Å². The molecule has 32 heavy (non-hydrogen) atoms. The molecule has 0 aromatic heterocycles. The molecular formula is C25H24NO5S-. The molecule has 0 saturated heterocycles. The first-order valence-electron chi connectivity index (χ1n) is 10.5. The average Bonchev–Trinajstić information content (AvgIpc) is 2.78. The van der Waals surface area contributed by atoms with Crippen LogP contribution in [0.2, 0.25) is 0 Å². The van der Waals surface area contributed by atoms with Crippen LogP contribution in [0.25, 0.3) is 11.1 Å². The molecule has 0 heterocycles. The van der Waals surface area contributed by atoms with E-state index < -0.39 is 29.9 Å². The lowest BCUT2D eigenvalue weighted by Crippen LogP contribution is -2.33. The van der Waals surface area contributed by atoms with E-state index in [1.54, 1.807) is 18.2 Å². The second-order valence-corrected chi connectivity index (χ2v) is 8.70. The Morgan fingerprint density at radius 3 is 2.56 bits per heavy atom. The molecule has 0 aliphatic heterocycles. The van der Waals surface area contributed by atoms with Gasteiger partial charge < -0.3 is 14.4 Å². The van der Waals surface area contributed by atoms with Crippen LogP contribution < -0.4 is 9.04 Å². The molecule has 4 rings (SSSR count). The number of benzene rings is 3. The summed E-state index contributed by atoms with van der Waals surface area (Å²) in [7, 11) is 0. The van der Waals surface area contributed by atoms with Crippen molar-refractivity contribution in [3.05, 3.63) is 83.4 Å². The minimum atomic E-state index is -2.50. The topological polar surface area (TPSA) is 89.9 Å². The number of hydrogen-bond donors (Lipinski definition) is 1.